The molecule has 0 bridgehead atoms. The number of hydrogen-bond donors (Lipinski definition) is 1. The second kappa shape index (κ2) is 4.59. The fourth-order valence-electron chi connectivity index (χ4n) is 1.01. The number of nitrogens with zero attached hydrogens (tertiary/aromatic N) is 1. The van der Waals surface area contributed by atoms with Crippen molar-refractivity contribution >= 4 is 6.21 Å². The maximum absolute atomic E-state index is 8.21. The first-order valence-corrected chi connectivity index (χ1v) is 4.13. The van der Waals surface area contributed by atoms with Gasteiger partial charge in [0.05, 0.1) is 0 Å². The van der Waals surface area contributed by atoms with E-state index in [-0.39, 0.29) is 0 Å². The van der Waals surface area contributed by atoms with Gasteiger partial charge in [-0.25, -0.2) is 0 Å². The van der Waals surface area contributed by atoms with Crippen LogP contribution in [0.1, 0.15) is 31.3 Å². The van der Waals surface area contributed by atoms with Gasteiger partial charge in [0.25, 0.3) is 0 Å². The van der Waals surface area contributed by atoms with Gasteiger partial charge in [0.1, 0.15) is 17.7 Å². The standard InChI is InChI=1S/C9H13NO2/c1-2-3-4-8-5-6-9(12-8)7-10-11/h5-7,11H,2-4H2,1H3/b10-7+. The van der Waals surface area contributed by atoms with Gasteiger partial charge in [-0.05, 0) is 18.6 Å². The van der Waals surface area contributed by atoms with Crippen LogP contribution in [0.2, 0.25) is 0 Å². The van der Waals surface area contributed by atoms with E-state index in [1.54, 1.807) is 6.07 Å². The third-order valence-electron chi connectivity index (χ3n) is 1.64. The maximum atomic E-state index is 8.21. The summed E-state index contributed by atoms with van der Waals surface area (Å²) >= 11 is 0. The van der Waals surface area contributed by atoms with Crippen LogP contribution in [-0.2, 0) is 6.42 Å². The quantitative estimate of drug-likeness (QED) is 0.425. The van der Waals surface area contributed by atoms with Crippen molar-refractivity contribution < 1.29 is 9.62 Å². The minimum Gasteiger partial charge on any atom is -0.460 e. The minimum absolute atomic E-state index is 0.601. The molecule has 0 spiro atoms. The van der Waals surface area contributed by atoms with Gasteiger partial charge >= 0.3 is 0 Å². The van der Waals surface area contributed by atoms with E-state index in [0.29, 0.717) is 5.76 Å². The van der Waals surface area contributed by atoms with E-state index in [2.05, 4.69) is 12.1 Å². The Hall–Kier alpha value is -1.25. The monoisotopic (exact) mass is 167 g/mol. The van der Waals surface area contributed by atoms with Crippen molar-refractivity contribution in [1.82, 2.24) is 0 Å². The summed E-state index contributed by atoms with van der Waals surface area (Å²) < 4.78 is 5.32. The Kier molecular flexibility index (Phi) is 3.38. The highest BCUT2D eigenvalue weighted by Crippen LogP contribution is 2.08. The molecule has 0 fully saturated rings. The Morgan fingerprint density at radius 1 is 1.58 bits per heavy atom. The highest BCUT2D eigenvalue weighted by atomic mass is 16.4. The SMILES string of the molecule is CCCCc1ccc(/C=N/O)o1. The van der Waals surface area contributed by atoms with E-state index in [1.165, 1.54) is 6.21 Å². The fourth-order valence-corrected chi connectivity index (χ4v) is 1.01. The smallest absolute Gasteiger partial charge is 0.148 e. The van der Waals surface area contributed by atoms with Crippen molar-refractivity contribution in [2.75, 3.05) is 0 Å². The first-order valence-electron chi connectivity index (χ1n) is 4.13. The molecule has 0 saturated heterocycles. The molecule has 0 saturated carbocycles. The van der Waals surface area contributed by atoms with Crippen molar-refractivity contribution in [3.8, 4) is 0 Å². The molecule has 1 N–H and O–H groups in total. The molecule has 1 heterocycles. The largest absolute Gasteiger partial charge is 0.460 e. The molecule has 0 atom stereocenters. The molecule has 0 amide bonds. The van der Waals surface area contributed by atoms with Crippen LogP contribution in [-0.4, -0.2) is 11.4 Å². The Balaban J connectivity index is 2.52. The number of furan rings is 1. The summed E-state index contributed by atoms with van der Waals surface area (Å²) in [7, 11) is 0. The lowest BCUT2D eigenvalue weighted by molar-refractivity contribution is 0.320. The molecule has 0 unspecified atom stereocenters. The van der Waals surface area contributed by atoms with Crippen LogP contribution < -0.4 is 0 Å². The van der Waals surface area contributed by atoms with Crippen LogP contribution in [0.3, 0.4) is 0 Å². The van der Waals surface area contributed by atoms with E-state index in [4.69, 9.17) is 9.62 Å². The highest BCUT2D eigenvalue weighted by Gasteiger charge is 1.98. The lowest BCUT2D eigenvalue weighted by Gasteiger charge is -1.91. The van der Waals surface area contributed by atoms with E-state index < -0.39 is 0 Å². The van der Waals surface area contributed by atoms with Crippen LogP contribution in [0, 0.1) is 0 Å². The average molecular weight is 167 g/mol. The zero-order valence-corrected chi connectivity index (χ0v) is 7.16. The lowest BCUT2D eigenvalue weighted by atomic mass is 10.2. The molecule has 1 rings (SSSR count). The van der Waals surface area contributed by atoms with E-state index in [0.717, 1.165) is 25.0 Å². The fraction of sp³-hybridized carbons (Fsp3) is 0.444. The Morgan fingerprint density at radius 3 is 3.08 bits per heavy atom. The number of oxime groups is 1. The summed E-state index contributed by atoms with van der Waals surface area (Å²) in [5.74, 6) is 1.55. The zero-order valence-electron chi connectivity index (χ0n) is 7.16. The normalized spacial score (nSPS) is 11.1. The molecule has 66 valence electrons. The molecule has 12 heavy (non-hydrogen) atoms. The highest BCUT2D eigenvalue weighted by molar-refractivity contribution is 5.75. The molecular formula is C9H13NO2. The Labute approximate surface area is 71.7 Å². The van der Waals surface area contributed by atoms with Crippen LogP contribution in [0.4, 0.5) is 0 Å². The summed E-state index contributed by atoms with van der Waals surface area (Å²) in [6.45, 7) is 2.14. The van der Waals surface area contributed by atoms with E-state index >= 15 is 0 Å². The van der Waals surface area contributed by atoms with Gasteiger partial charge in [-0.15, -0.1) is 0 Å². The molecule has 0 aliphatic rings. The summed E-state index contributed by atoms with van der Waals surface area (Å²) in [4.78, 5) is 0. The average Bonchev–Trinajstić information content (AvgIpc) is 2.50. The molecule has 0 aliphatic heterocycles. The van der Waals surface area contributed by atoms with Gasteiger partial charge < -0.3 is 9.62 Å². The van der Waals surface area contributed by atoms with Crippen molar-refractivity contribution in [2.45, 2.75) is 26.2 Å². The summed E-state index contributed by atoms with van der Waals surface area (Å²) in [6.07, 6.45) is 4.53. The lowest BCUT2D eigenvalue weighted by Crippen LogP contribution is -1.79. The molecule has 1 aromatic heterocycles. The van der Waals surface area contributed by atoms with Crippen LogP contribution >= 0.6 is 0 Å². The summed E-state index contributed by atoms with van der Waals surface area (Å²) in [5, 5.41) is 11.1. The Bertz CT molecular complexity index is 253. The maximum Gasteiger partial charge on any atom is 0.148 e. The van der Waals surface area contributed by atoms with Gasteiger partial charge in [0, 0.05) is 6.42 Å². The molecule has 0 radical (unpaired) electrons. The minimum atomic E-state index is 0.601. The predicted molar refractivity (Wildman–Crippen MR) is 46.7 cm³/mol. The first kappa shape index (κ1) is 8.84. The molecule has 0 aromatic carbocycles. The Morgan fingerprint density at radius 2 is 2.42 bits per heavy atom. The molecule has 3 heteroatoms. The van der Waals surface area contributed by atoms with Crippen molar-refractivity contribution in [2.24, 2.45) is 5.16 Å². The zero-order chi connectivity index (χ0) is 8.81. The van der Waals surface area contributed by atoms with Gasteiger partial charge in [-0.3, -0.25) is 0 Å². The third-order valence-corrected chi connectivity index (χ3v) is 1.64. The summed E-state index contributed by atoms with van der Waals surface area (Å²) in [6, 6.07) is 3.71. The van der Waals surface area contributed by atoms with Crippen molar-refractivity contribution in [3.63, 3.8) is 0 Å². The second-order valence-electron chi connectivity index (χ2n) is 2.65. The van der Waals surface area contributed by atoms with Gasteiger partial charge in [-0.2, -0.15) is 0 Å². The third kappa shape index (κ3) is 2.42. The first-order chi connectivity index (χ1) is 5.86. The number of aryl methyl sites for hydroxylation is 1. The van der Waals surface area contributed by atoms with E-state index in [1.807, 2.05) is 6.07 Å². The molecule has 3 nitrogen and oxygen atoms in total. The van der Waals surface area contributed by atoms with Gasteiger partial charge in [0.15, 0.2) is 0 Å². The molecule has 0 aliphatic carbocycles. The van der Waals surface area contributed by atoms with Crippen LogP contribution in [0.5, 0.6) is 0 Å². The molecule has 1 aromatic rings. The summed E-state index contributed by atoms with van der Waals surface area (Å²) in [5.41, 5.74) is 0. The molecular weight excluding hydrogens is 154 g/mol. The van der Waals surface area contributed by atoms with Crippen molar-refractivity contribution in [1.29, 1.82) is 0 Å². The predicted octanol–water partition coefficient (Wildman–Crippen LogP) is 2.43. The van der Waals surface area contributed by atoms with Crippen LogP contribution in [0.15, 0.2) is 21.7 Å². The second-order valence-corrected chi connectivity index (χ2v) is 2.65. The van der Waals surface area contributed by atoms with Crippen molar-refractivity contribution in [3.05, 3.63) is 23.7 Å². The van der Waals surface area contributed by atoms with Crippen LogP contribution in [0.25, 0.3) is 0 Å². The number of unbranched alkanes of at least 4 members (excludes halogenated alkanes) is 1. The van der Waals surface area contributed by atoms with E-state index in [9.17, 15) is 0 Å². The number of rotatable bonds is 4. The van der Waals surface area contributed by atoms with Gasteiger partial charge in [0.2, 0.25) is 0 Å². The number of hydrogen-bond acceptors (Lipinski definition) is 3. The topological polar surface area (TPSA) is 45.7 Å². The van der Waals surface area contributed by atoms with Gasteiger partial charge in [-0.1, -0.05) is 18.5 Å².